The van der Waals surface area contributed by atoms with E-state index in [0.29, 0.717) is 29.8 Å². The molecule has 0 aliphatic heterocycles. The van der Waals surface area contributed by atoms with Gasteiger partial charge in [-0.2, -0.15) is 9.78 Å². The summed E-state index contributed by atoms with van der Waals surface area (Å²) < 4.78 is 10.2. The van der Waals surface area contributed by atoms with Crippen molar-refractivity contribution in [2.24, 2.45) is 5.10 Å². The predicted octanol–water partition coefficient (Wildman–Crippen LogP) is 7.49. The second kappa shape index (κ2) is 11.4. The SMILES string of the molecule is CCCCc1nc2ccc(Br)cc2c(=O)n1N=Cc1ccc(OCc2ccc(Br)cc2Br)cc1. The van der Waals surface area contributed by atoms with E-state index in [1.54, 1.807) is 12.3 Å². The first-order chi connectivity index (χ1) is 16.4. The van der Waals surface area contributed by atoms with Crippen LogP contribution in [0.1, 0.15) is 36.7 Å². The van der Waals surface area contributed by atoms with Gasteiger partial charge in [-0.1, -0.05) is 67.2 Å². The van der Waals surface area contributed by atoms with Gasteiger partial charge in [0.15, 0.2) is 0 Å². The van der Waals surface area contributed by atoms with Gasteiger partial charge < -0.3 is 4.74 Å². The van der Waals surface area contributed by atoms with E-state index >= 15 is 0 Å². The summed E-state index contributed by atoms with van der Waals surface area (Å²) in [6.07, 6.45) is 4.31. The number of rotatable bonds is 8. The van der Waals surface area contributed by atoms with Crippen molar-refractivity contribution in [3.8, 4) is 5.75 Å². The number of nitrogens with zero attached hydrogens (tertiary/aromatic N) is 3. The number of aromatic nitrogens is 2. The smallest absolute Gasteiger partial charge is 0.282 e. The van der Waals surface area contributed by atoms with E-state index in [9.17, 15) is 4.79 Å². The molecule has 0 bridgehead atoms. The molecule has 0 saturated carbocycles. The fraction of sp³-hybridized carbons (Fsp3) is 0.192. The summed E-state index contributed by atoms with van der Waals surface area (Å²) in [7, 11) is 0. The number of ether oxygens (including phenoxy) is 1. The van der Waals surface area contributed by atoms with E-state index < -0.39 is 0 Å². The van der Waals surface area contributed by atoms with Crippen LogP contribution in [0, 0.1) is 0 Å². The predicted molar refractivity (Wildman–Crippen MR) is 148 cm³/mol. The molecular formula is C26H22Br3N3O2. The van der Waals surface area contributed by atoms with Crippen molar-refractivity contribution in [3.63, 3.8) is 0 Å². The maximum Gasteiger partial charge on any atom is 0.282 e. The normalized spacial score (nSPS) is 11.4. The molecule has 34 heavy (non-hydrogen) atoms. The molecule has 1 heterocycles. The number of fused-ring (bicyclic) bond motifs is 1. The highest BCUT2D eigenvalue weighted by atomic mass is 79.9. The molecule has 0 radical (unpaired) electrons. The maximum absolute atomic E-state index is 13.2. The van der Waals surface area contributed by atoms with Crippen molar-refractivity contribution < 1.29 is 4.74 Å². The van der Waals surface area contributed by atoms with Gasteiger partial charge in [0.2, 0.25) is 0 Å². The Hall–Kier alpha value is -2.29. The van der Waals surface area contributed by atoms with Gasteiger partial charge in [0.05, 0.1) is 17.1 Å². The summed E-state index contributed by atoms with van der Waals surface area (Å²) in [5.74, 6) is 1.42. The standard InChI is InChI=1S/C26H22Br3N3O2/c1-2-3-4-25-31-24-12-9-19(27)13-22(24)26(33)32(25)30-15-17-5-10-21(11-6-17)34-16-18-7-8-20(28)14-23(18)29/h5-15H,2-4,16H2,1H3. The fourth-order valence-corrected chi connectivity index (χ4v) is 4.91. The number of hydrogen-bond acceptors (Lipinski definition) is 4. The van der Waals surface area contributed by atoms with Gasteiger partial charge in [0.1, 0.15) is 18.2 Å². The third-order valence-corrected chi connectivity index (χ3v) is 6.97. The molecule has 0 atom stereocenters. The summed E-state index contributed by atoms with van der Waals surface area (Å²) in [5.41, 5.74) is 2.43. The third-order valence-electron chi connectivity index (χ3n) is 5.24. The zero-order valence-corrected chi connectivity index (χ0v) is 23.2. The molecule has 0 aliphatic rings. The summed E-state index contributed by atoms with van der Waals surface area (Å²) in [6.45, 7) is 2.57. The van der Waals surface area contributed by atoms with Crippen molar-refractivity contribution in [2.75, 3.05) is 0 Å². The van der Waals surface area contributed by atoms with Gasteiger partial charge in [-0.15, -0.1) is 0 Å². The first-order valence-corrected chi connectivity index (χ1v) is 13.2. The monoisotopic (exact) mass is 645 g/mol. The Bertz CT molecular complexity index is 1400. The fourth-order valence-electron chi connectivity index (χ4n) is 3.38. The Labute approximate surface area is 223 Å². The molecule has 5 nitrogen and oxygen atoms in total. The first kappa shape index (κ1) is 24.8. The summed E-state index contributed by atoms with van der Waals surface area (Å²) in [6, 6.07) is 19.1. The van der Waals surface area contributed by atoms with Gasteiger partial charge in [0.25, 0.3) is 5.56 Å². The molecule has 0 aliphatic carbocycles. The molecule has 0 N–H and O–H groups in total. The molecule has 0 amide bonds. The molecule has 3 aromatic carbocycles. The van der Waals surface area contributed by atoms with E-state index in [4.69, 9.17) is 9.72 Å². The van der Waals surface area contributed by atoms with Crippen LogP contribution >= 0.6 is 47.8 Å². The molecule has 0 unspecified atom stereocenters. The Morgan fingerprint density at radius 2 is 1.74 bits per heavy atom. The van der Waals surface area contributed by atoms with Crippen molar-refractivity contribution in [2.45, 2.75) is 32.8 Å². The van der Waals surface area contributed by atoms with Crippen LogP contribution in [-0.4, -0.2) is 15.9 Å². The molecule has 0 saturated heterocycles. The van der Waals surface area contributed by atoms with Gasteiger partial charge in [-0.25, -0.2) is 4.98 Å². The Morgan fingerprint density at radius 1 is 1.00 bits per heavy atom. The number of hydrogen-bond donors (Lipinski definition) is 0. The van der Waals surface area contributed by atoms with E-state index in [2.05, 4.69) is 59.8 Å². The van der Waals surface area contributed by atoms with Crippen LogP contribution in [0.2, 0.25) is 0 Å². The largest absolute Gasteiger partial charge is 0.489 e. The van der Waals surface area contributed by atoms with Crippen LogP contribution in [0.3, 0.4) is 0 Å². The minimum Gasteiger partial charge on any atom is -0.489 e. The van der Waals surface area contributed by atoms with E-state index in [1.807, 2.05) is 54.6 Å². The zero-order valence-electron chi connectivity index (χ0n) is 18.5. The molecule has 8 heteroatoms. The average Bonchev–Trinajstić information content (AvgIpc) is 2.83. The highest BCUT2D eigenvalue weighted by Crippen LogP contribution is 2.23. The van der Waals surface area contributed by atoms with Crippen molar-refractivity contribution in [3.05, 3.63) is 101 Å². The third kappa shape index (κ3) is 6.03. The molecular weight excluding hydrogens is 626 g/mol. The topological polar surface area (TPSA) is 56.5 Å². The minimum absolute atomic E-state index is 0.173. The number of benzene rings is 3. The van der Waals surface area contributed by atoms with Crippen LogP contribution in [0.5, 0.6) is 5.75 Å². The van der Waals surface area contributed by atoms with E-state index in [0.717, 1.165) is 43.1 Å². The Kier molecular flexibility index (Phi) is 8.34. The highest BCUT2D eigenvalue weighted by Gasteiger charge is 2.11. The Balaban J connectivity index is 1.55. The second-order valence-electron chi connectivity index (χ2n) is 7.75. The van der Waals surface area contributed by atoms with Gasteiger partial charge in [0, 0.05) is 25.4 Å². The average molecular weight is 648 g/mol. The van der Waals surface area contributed by atoms with Crippen molar-refractivity contribution >= 4 is 64.9 Å². The van der Waals surface area contributed by atoms with E-state index in [1.165, 1.54) is 4.68 Å². The van der Waals surface area contributed by atoms with Crippen molar-refractivity contribution in [1.82, 2.24) is 9.66 Å². The number of unbranched alkanes of at least 4 members (excludes halogenated alkanes) is 1. The molecule has 174 valence electrons. The van der Waals surface area contributed by atoms with Gasteiger partial charge in [-0.3, -0.25) is 4.79 Å². The first-order valence-electron chi connectivity index (χ1n) is 10.9. The van der Waals surface area contributed by atoms with Crippen LogP contribution in [0.25, 0.3) is 10.9 Å². The summed E-state index contributed by atoms with van der Waals surface area (Å²) in [5, 5.41) is 5.04. The van der Waals surface area contributed by atoms with Gasteiger partial charge >= 0.3 is 0 Å². The van der Waals surface area contributed by atoms with Crippen LogP contribution in [0.15, 0.2) is 84.0 Å². The van der Waals surface area contributed by atoms with Crippen molar-refractivity contribution in [1.29, 1.82) is 0 Å². The lowest BCUT2D eigenvalue weighted by atomic mass is 10.2. The summed E-state index contributed by atoms with van der Waals surface area (Å²) >= 11 is 10.5. The van der Waals surface area contributed by atoms with Crippen LogP contribution in [-0.2, 0) is 13.0 Å². The number of halogens is 3. The lowest BCUT2D eigenvalue weighted by Crippen LogP contribution is -2.22. The lowest BCUT2D eigenvalue weighted by Gasteiger charge is -2.10. The quantitative estimate of drug-likeness (QED) is 0.186. The summed E-state index contributed by atoms with van der Waals surface area (Å²) in [4.78, 5) is 17.9. The minimum atomic E-state index is -0.173. The van der Waals surface area contributed by atoms with Gasteiger partial charge in [-0.05, 0) is 66.6 Å². The highest BCUT2D eigenvalue weighted by molar-refractivity contribution is 9.11. The maximum atomic E-state index is 13.2. The zero-order chi connectivity index (χ0) is 24.1. The van der Waals surface area contributed by atoms with Crippen LogP contribution < -0.4 is 10.3 Å². The van der Waals surface area contributed by atoms with E-state index in [-0.39, 0.29) is 5.56 Å². The van der Waals surface area contributed by atoms with Crippen LogP contribution in [0.4, 0.5) is 0 Å². The number of aryl methyl sites for hydroxylation is 1. The Morgan fingerprint density at radius 3 is 2.47 bits per heavy atom. The molecule has 1 aromatic heterocycles. The molecule has 0 spiro atoms. The molecule has 4 aromatic rings. The second-order valence-corrected chi connectivity index (χ2v) is 10.4. The molecule has 0 fully saturated rings. The molecule has 4 rings (SSSR count). The lowest BCUT2D eigenvalue weighted by molar-refractivity contribution is 0.305.